The van der Waals surface area contributed by atoms with Crippen LogP contribution in [0, 0.1) is 0 Å². The fourth-order valence-electron chi connectivity index (χ4n) is 3.98. The van der Waals surface area contributed by atoms with Crippen LogP contribution in [0.3, 0.4) is 0 Å². The maximum absolute atomic E-state index is 12.4. The van der Waals surface area contributed by atoms with Crippen LogP contribution in [0.4, 0.5) is 0 Å². The highest BCUT2D eigenvalue weighted by Crippen LogP contribution is 2.51. The molecule has 1 aliphatic heterocycles. The quantitative estimate of drug-likeness (QED) is 0.603. The van der Waals surface area contributed by atoms with Crippen LogP contribution in [0.2, 0.25) is 10.0 Å². The number of carboxylic acids is 2. The summed E-state index contributed by atoms with van der Waals surface area (Å²) < 4.78 is 0. The van der Waals surface area contributed by atoms with E-state index in [-0.39, 0.29) is 29.1 Å². The lowest BCUT2D eigenvalue weighted by atomic mass is 9.63. The number of carbonyl (C=O) groups is 2. The monoisotopic (exact) mass is 421 g/mol. The molecule has 0 unspecified atom stereocenters. The van der Waals surface area contributed by atoms with E-state index in [4.69, 9.17) is 23.2 Å². The number of rotatable bonds is 7. The average molecular weight is 422 g/mol. The fourth-order valence-corrected chi connectivity index (χ4v) is 4.55. The van der Waals surface area contributed by atoms with Crippen molar-refractivity contribution in [2.45, 2.75) is 25.7 Å². The zero-order valence-electron chi connectivity index (χ0n) is 15.6. The number of carboxylic acid groups (broad SMARTS) is 2. The van der Waals surface area contributed by atoms with Gasteiger partial charge in [-0.05, 0) is 38.0 Å². The molecule has 2 N–H and O–H groups in total. The Morgan fingerprint density at radius 3 is 2.00 bits per heavy atom. The molecule has 0 atom stereocenters. The van der Waals surface area contributed by atoms with Crippen molar-refractivity contribution in [2.24, 2.45) is 0 Å². The van der Waals surface area contributed by atoms with Crippen molar-refractivity contribution in [1.29, 1.82) is 0 Å². The summed E-state index contributed by atoms with van der Waals surface area (Å²) in [7, 11) is 0. The molecular formula is C21H21Cl2NO4. The highest BCUT2D eigenvalue weighted by atomic mass is 35.5. The van der Waals surface area contributed by atoms with Gasteiger partial charge >= 0.3 is 11.9 Å². The molecule has 0 amide bonds. The molecule has 0 bridgehead atoms. The molecule has 0 aliphatic carbocycles. The Kier molecular flexibility index (Phi) is 6.42. The zero-order valence-corrected chi connectivity index (χ0v) is 17.1. The number of halogens is 2. The van der Waals surface area contributed by atoms with Crippen molar-refractivity contribution in [3.05, 3.63) is 81.7 Å². The van der Waals surface area contributed by atoms with Gasteiger partial charge in [-0.1, -0.05) is 41.4 Å². The van der Waals surface area contributed by atoms with Gasteiger partial charge in [0.05, 0.1) is 16.6 Å². The maximum Gasteiger partial charge on any atom is 0.334 e. The van der Waals surface area contributed by atoms with Gasteiger partial charge in [-0.3, -0.25) is 0 Å². The number of hydrogen-bond acceptors (Lipinski definition) is 3. The second-order valence-electron chi connectivity index (χ2n) is 6.45. The normalized spacial score (nSPS) is 16.2. The van der Waals surface area contributed by atoms with Gasteiger partial charge in [0.1, 0.15) is 0 Å². The van der Waals surface area contributed by atoms with Crippen LogP contribution in [0.15, 0.2) is 66.0 Å². The van der Waals surface area contributed by atoms with Gasteiger partial charge in [-0.25, -0.2) is 9.59 Å². The third-order valence-electron chi connectivity index (χ3n) is 4.97. The van der Waals surface area contributed by atoms with Crippen LogP contribution in [-0.2, 0) is 15.0 Å². The molecule has 7 heteroatoms. The first kappa shape index (κ1) is 21.8. The van der Waals surface area contributed by atoms with Crippen molar-refractivity contribution in [1.82, 2.24) is 4.90 Å². The van der Waals surface area contributed by atoms with Gasteiger partial charge in [0.15, 0.2) is 0 Å². The molecule has 0 fully saturated rings. The van der Waals surface area contributed by atoms with Gasteiger partial charge in [0.2, 0.25) is 0 Å². The topological polar surface area (TPSA) is 77.8 Å². The Bertz CT molecular complexity index is 892. The number of benzene rings is 1. The Hall–Kier alpha value is -2.50. The second-order valence-corrected chi connectivity index (χ2v) is 7.30. The first-order valence-corrected chi connectivity index (χ1v) is 9.23. The number of hydrogen-bond donors (Lipinski definition) is 2. The van der Waals surface area contributed by atoms with E-state index in [0.717, 1.165) is 0 Å². The molecule has 28 heavy (non-hydrogen) atoms. The van der Waals surface area contributed by atoms with Crippen molar-refractivity contribution in [2.75, 3.05) is 6.54 Å². The summed E-state index contributed by atoms with van der Waals surface area (Å²) in [5.41, 5.74) is -0.467. The fraction of sp³-hybridized carbons (Fsp3) is 0.238. The summed E-state index contributed by atoms with van der Waals surface area (Å²) in [4.78, 5) is 26.4. The second kappa shape index (κ2) is 8.25. The minimum absolute atomic E-state index is 0.0359. The van der Waals surface area contributed by atoms with E-state index in [2.05, 4.69) is 13.2 Å². The Labute approximate surface area is 173 Å². The average Bonchev–Trinajstić information content (AvgIpc) is 2.57. The summed E-state index contributed by atoms with van der Waals surface area (Å²) in [6, 6.07) is 4.61. The molecule has 0 radical (unpaired) electrons. The predicted molar refractivity (Wildman–Crippen MR) is 111 cm³/mol. The van der Waals surface area contributed by atoms with Gasteiger partial charge in [-0.15, -0.1) is 13.2 Å². The summed E-state index contributed by atoms with van der Waals surface area (Å²) in [6.45, 7) is 11.0. The molecule has 1 heterocycles. The molecule has 0 aromatic heterocycles. The molecule has 2 rings (SSSR count). The van der Waals surface area contributed by atoms with E-state index < -0.39 is 17.4 Å². The van der Waals surface area contributed by atoms with Crippen molar-refractivity contribution in [3.63, 3.8) is 0 Å². The minimum Gasteiger partial charge on any atom is -0.478 e. The molecule has 5 nitrogen and oxygen atoms in total. The van der Waals surface area contributed by atoms with Crippen LogP contribution < -0.4 is 0 Å². The van der Waals surface area contributed by atoms with Crippen molar-refractivity contribution < 1.29 is 19.8 Å². The van der Waals surface area contributed by atoms with E-state index in [1.165, 1.54) is 12.1 Å². The van der Waals surface area contributed by atoms with Crippen LogP contribution in [0.5, 0.6) is 0 Å². The number of nitrogens with zero attached hydrogens (tertiary/aromatic N) is 1. The summed E-state index contributed by atoms with van der Waals surface area (Å²) in [5, 5.41) is 20.8. The van der Waals surface area contributed by atoms with E-state index in [9.17, 15) is 19.8 Å². The Morgan fingerprint density at radius 1 is 1.07 bits per heavy atom. The Balaban J connectivity index is 3.07. The van der Waals surface area contributed by atoms with E-state index in [0.29, 0.717) is 22.0 Å². The summed E-state index contributed by atoms with van der Waals surface area (Å²) in [5.74, 6) is -2.46. The molecule has 1 aliphatic rings. The van der Waals surface area contributed by atoms with Gasteiger partial charge < -0.3 is 15.1 Å². The molecule has 0 saturated carbocycles. The largest absolute Gasteiger partial charge is 0.478 e. The molecule has 1 aromatic rings. The summed E-state index contributed by atoms with van der Waals surface area (Å²) >= 11 is 12.5. The Morgan fingerprint density at radius 2 is 1.61 bits per heavy atom. The van der Waals surface area contributed by atoms with Gasteiger partial charge in [0.25, 0.3) is 0 Å². The maximum atomic E-state index is 12.4. The van der Waals surface area contributed by atoms with E-state index >= 15 is 0 Å². The molecule has 0 saturated heterocycles. The SMILES string of the molecule is C=CCN1C(C)=C(C(=O)O)C(CC=C)(c2ccc(Cl)cc2Cl)C(C(=O)O)=C1C. The standard InChI is InChI=1S/C21H21Cl2NO4/c1-5-9-21(15-8-7-14(22)11-16(15)23)17(19(25)26)12(3)24(10-6-2)13(4)18(21)20(27)28/h5-8,11H,1-2,9-10H2,3-4H3,(H,25,26)(H,27,28). The predicted octanol–water partition coefficient (Wildman–Crippen LogP) is 5.03. The zero-order chi connectivity index (χ0) is 21.2. The smallest absolute Gasteiger partial charge is 0.334 e. The van der Waals surface area contributed by atoms with Crippen LogP contribution in [-0.4, -0.2) is 33.6 Å². The molecule has 148 valence electrons. The van der Waals surface area contributed by atoms with Crippen LogP contribution in [0.25, 0.3) is 0 Å². The highest BCUT2D eigenvalue weighted by molar-refractivity contribution is 6.35. The van der Waals surface area contributed by atoms with Crippen molar-refractivity contribution >= 4 is 35.1 Å². The van der Waals surface area contributed by atoms with E-state index in [1.807, 2.05) is 0 Å². The lowest BCUT2D eigenvalue weighted by Crippen LogP contribution is -2.46. The van der Waals surface area contributed by atoms with Gasteiger partial charge in [0, 0.05) is 28.0 Å². The first-order chi connectivity index (χ1) is 13.1. The van der Waals surface area contributed by atoms with Crippen molar-refractivity contribution in [3.8, 4) is 0 Å². The number of aliphatic carboxylic acids is 2. The molecular weight excluding hydrogens is 401 g/mol. The summed E-state index contributed by atoms with van der Waals surface area (Å²) in [6.07, 6.45) is 3.12. The van der Waals surface area contributed by atoms with Crippen LogP contribution >= 0.6 is 23.2 Å². The van der Waals surface area contributed by atoms with Gasteiger partial charge in [-0.2, -0.15) is 0 Å². The third-order valence-corrected chi connectivity index (χ3v) is 5.52. The molecule has 0 spiro atoms. The highest BCUT2D eigenvalue weighted by Gasteiger charge is 2.51. The van der Waals surface area contributed by atoms with Crippen LogP contribution in [0.1, 0.15) is 25.8 Å². The third kappa shape index (κ3) is 3.36. The van der Waals surface area contributed by atoms with E-state index in [1.54, 1.807) is 37.0 Å². The minimum atomic E-state index is -1.52. The molecule has 1 aromatic carbocycles. The lowest BCUT2D eigenvalue weighted by molar-refractivity contribution is -0.134. The number of allylic oxidation sites excluding steroid dienone is 3. The first-order valence-electron chi connectivity index (χ1n) is 8.47. The lowest BCUT2D eigenvalue weighted by Gasteiger charge is -2.44.